The molecule has 1 aromatic rings. The first-order chi connectivity index (χ1) is 10.3. The molecule has 0 spiro atoms. The number of carbonyl (C=O) groups is 1. The molecule has 1 aromatic carbocycles. The van der Waals surface area contributed by atoms with Crippen molar-refractivity contribution in [3.63, 3.8) is 0 Å². The number of hydrogen-bond donors (Lipinski definition) is 0. The second-order valence-corrected chi connectivity index (χ2v) is 6.07. The van der Waals surface area contributed by atoms with Crippen molar-refractivity contribution in [1.82, 2.24) is 9.80 Å². The quantitative estimate of drug-likeness (QED) is 0.797. The third kappa shape index (κ3) is 3.73. The van der Waals surface area contributed by atoms with Gasteiger partial charge in [0.15, 0.2) is 0 Å². The SMILES string of the molecule is O=C([C@@H]1CC=CCC1)N1CCN(Cc2ccccc2)CC1. The first kappa shape index (κ1) is 14.3. The van der Waals surface area contributed by atoms with Crippen LogP contribution in [0.2, 0.25) is 0 Å². The highest BCUT2D eigenvalue weighted by Gasteiger charge is 2.27. The molecule has 112 valence electrons. The number of amides is 1. The molecule has 1 aliphatic heterocycles. The lowest BCUT2D eigenvalue weighted by molar-refractivity contribution is -0.137. The van der Waals surface area contributed by atoms with Gasteiger partial charge in [0, 0.05) is 38.6 Å². The van der Waals surface area contributed by atoms with Gasteiger partial charge in [0.05, 0.1) is 0 Å². The van der Waals surface area contributed by atoms with E-state index in [0.29, 0.717) is 5.91 Å². The average Bonchev–Trinajstić information content (AvgIpc) is 2.57. The van der Waals surface area contributed by atoms with Crippen LogP contribution in [0.4, 0.5) is 0 Å². The fourth-order valence-corrected chi connectivity index (χ4v) is 3.24. The Labute approximate surface area is 127 Å². The largest absolute Gasteiger partial charge is 0.340 e. The van der Waals surface area contributed by atoms with E-state index >= 15 is 0 Å². The van der Waals surface area contributed by atoms with Crippen molar-refractivity contribution in [2.45, 2.75) is 25.8 Å². The molecule has 21 heavy (non-hydrogen) atoms. The van der Waals surface area contributed by atoms with Gasteiger partial charge in [0.1, 0.15) is 0 Å². The highest BCUT2D eigenvalue weighted by molar-refractivity contribution is 5.79. The Hall–Kier alpha value is -1.61. The van der Waals surface area contributed by atoms with Crippen molar-refractivity contribution < 1.29 is 4.79 Å². The molecular formula is C18H24N2O. The van der Waals surface area contributed by atoms with Gasteiger partial charge in [-0.1, -0.05) is 42.5 Å². The van der Waals surface area contributed by atoms with Crippen LogP contribution in [0.3, 0.4) is 0 Å². The van der Waals surface area contributed by atoms with Crippen LogP contribution < -0.4 is 0 Å². The van der Waals surface area contributed by atoms with Crippen molar-refractivity contribution in [3.8, 4) is 0 Å². The Morgan fingerprint density at radius 3 is 2.48 bits per heavy atom. The molecule has 3 rings (SSSR count). The minimum absolute atomic E-state index is 0.232. The minimum Gasteiger partial charge on any atom is -0.340 e. The van der Waals surface area contributed by atoms with E-state index in [9.17, 15) is 4.79 Å². The van der Waals surface area contributed by atoms with Crippen LogP contribution in [0, 0.1) is 5.92 Å². The summed E-state index contributed by atoms with van der Waals surface area (Å²) >= 11 is 0. The first-order valence-electron chi connectivity index (χ1n) is 8.03. The normalized spacial score (nSPS) is 23.2. The zero-order chi connectivity index (χ0) is 14.5. The molecule has 0 aromatic heterocycles. The monoisotopic (exact) mass is 284 g/mol. The van der Waals surface area contributed by atoms with Crippen LogP contribution in [0.25, 0.3) is 0 Å². The molecule has 1 saturated heterocycles. The number of benzene rings is 1. The summed E-state index contributed by atoms with van der Waals surface area (Å²) in [7, 11) is 0. The standard InChI is InChI=1S/C18H24N2O/c21-18(17-9-5-2-6-10-17)20-13-11-19(12-14-20)15-16-7-3-1-4-8-16/h1-5,7-8,17H,6,9-15H2/t17-/m1/s1. The number of nitrogens with zero attached hydrogens (tertiary/aromatic N) is 2. The highest BCUT2D eigenvalue weighted by Crippen LogP contribution is 2.21. The van der Waals surface area contributed by atoms with Crippen molar-refractivity contribution in [3.05, 3.63) is 48.0 Å². The summed E-state index contributed by atoms with van der Waals surface area (Å²) in [6, 6.07) is 10.6. The molecule has 3 nitrogen and oxygen atoms in total. The Morgan fingerprint density at radius 2 is 1.81 bits per heavy atom. The number of carbonyl (C=O) groups excluding carboxylic acids is 1. The number of rotatable bonds is 3. The van der Waals surface area contributed by atoms with Crippen LogP contribution in [-0.4, -0.2) is 41.9 Å². The summed E-state index contributed by atoms with van der Waals surface area (Å²) < 4.78 is 0. The lowest BCUT2D eigenvalue weighted by Gasteiger charge is -2.36. The Balaban J connectivity index is 1.48. The van der Waals surface area contributed by atoms with E-state index in [0.717, 1.165) is 52.0 Å². The highest BCUT2D eigenvalue weighted by atomic mass is 16.2. The van der Waals surface area contributed by atoms with Gasteiger partial charge in [-0.2, -0.15) is 0 Å². The molecule has 0 radical (unpaired) electrons. The zero-order valence-electron chi connectivity index (χ0n) is 12.6. The van der Waals surface area contributed by atoms with E-state index in [4.69, 9.17) is 0 Å². The molecule has 1 fully saturated rings. The molecule has 2 aliphatic rings. The minimum atomic E-state index is 0.232. The second-order valence-electron chi connectivity index (χ2n) is 6.07. The zero-order valence-corrected chi connectivity index (χ0v) is 12.6. The third-order valence-corrected chi connectivity index (χ3v) is 4.55. The summed E-state index contributed by atoms with van der Waals surface area (Å²) in [4.78, 5) is 17.0. The van der Waals surface area contributed by atoms with Gasteiger partial charge in [-0.25, -0.2) is 0 Å². The lowest BCUT2D eigenvalue weighted by Crippen LogP contribution is -2.50. The maximum absolute atomic E-state index is 12.5. The first-order valence-corrected chi connectivity index (χ1v) is 8.03. The molecule has 0 bridgehead atoms. The number of hydrogen-bond acceptors (Lipinski definition) is 2. The van der Waals surface area contributed by atoms with Gasteiger partial charge in [-0.3, -0.25) is 9.69 Å². The molecule has 0 saturated carbocycles. The molecule has 1 heterocycles. The van der Waals surface area contributed by atoms with Gasteiger partial charge in [-0.05, 0) is 24.8 Å². The van der Waals surface area contributed by atoms with Crippen molar-refractivity contribution in [2.24, 2.45) is 5.92 Å². The van der Waals surface area contributed by atoms with Crippen LogP contribution in [0.1, 0.15) is 24.8 Å². The second kappa shape index (κ2) is 6.90. The van der Waals surface area contributed by atoms with Gasteiger partial charge in [-0.15, -0.1) is 0 Å². The van der Waals surface area contributed by atoms with E-state index in [-0.39, 0.29) is 5.92 Å². The molecule has 0 unspecified atom stereocenters. The maximum Gasteiger partial charge on any atom is 0.226 e. The molecule has 0 N–H and O–H groups in total. The Morgan fingerprint density at radius 1 is 1.05 bits per heavy atom. The van der Waals surface area contributed by atoms with E-state index in [1.165, 1.54) is 5.56 Å². The third-order valence-electron chi connectivity index (χ3n) is 4.55. The Kier molecular flexibility index (Phi) is 4.71. The predicted molar refractivity (Wildman–Crippen MR) is 84.8 cm³/mol. The number of piperazine rings is 1. The summed E-state index contributed by atoms with van der Waals surface area (Å²) in [6.07, 6.45) is 7.38. The Bertz CT molecular complexity index is 489. The molecule has 1 amide bonds. The van der Waals surface area contributed by atoms with Gasteiger partial charge < -0.3 is 4.90 Å². The lowest BCUT2D eigenvalue weighted by atomic mass is 9.93. The van der Waals surface area contributed by atoms with E-state index in [1.54, 1.807) is 0 Å². The smallest absolute Gasteiger partial charge is 0.226 e. The molecular weight excluding hydrogens is 260 g/mol. The van der Waals surface area contributed by atoms with E-state index in [2.05, 4.69) is 52.3 Å². The van der Waals surface area contributed by atoms with Gasteiger partial charge >= 0.3 is 0 Å². The van der Waals surface area contributed by atoms with Crippen LogP contribution in [0.5, 0.6) is 0 Å². The fourth-order valence-electron chi connectivity index (χ4n) is 3.24. The fraction of sp³-hybridized carbons (Fsp3) is 0.500. The van der Waals surface area contributed by atoms with E-state index < -0.39 is 0 Å². The predicted octanol–water partition coefficient (Wildman–Crippen LogP) is 2.69. The number of allylic oxidation sites excluding steroid dienone is 2. The van der Waals surface area contributed by atoms with E-state index in [1.807, 2.05) is 0 Å². The summed E-state index contributed by atoms with van der Waals surface area (Å²) in [6.45, 7) is 4.74. The van der Waals surface area contributed by atoms with Crippen molar-refractivity contribution in [2.75, 3.05) is 26.2 Å². The molecule has 1 aliphatic carbocycles. The summed E-state index contributed by atoms with van der Waals surface area (Å²) in [5.41, 5.74) is 1.36. The van der Waals surface area contributed by atoms with Crippen molar-refractivity contribution in [1.29, 1.82) is 0 Å². The molecule has 1 atom stereocenters. The topological polar surface area (TPSA) is 23.6 Å². The van der Waals surface area contributed by atoms with Gasteiger partial charge in [0.25, 0.3) is 0 Å². The average molecular weight is 284 g/mol. The summed E-state index contributed by atoms with van der Waals surface area (Å²) in [5, 5.41) is 0. The van der Waals surface area contributed by atoms with Crippen LogP contribution in [0.15, 0.2) is 42.5 Å². The molecule has 3 heteroatoms. The van der Waals surface area contributed by atoms with Crippen LogP contribution >= 0.6 is 0 Å². The maximum atomic E-state index is 12.5. The van der Waals surface area contributed by atoms with Gasteiger partial charge in [0.2, 0.25) is 5.91 Å². The summed E-state index contributed by atoms with van der Waals surface area (Å²) in [5.74, 6) is 0.606. The van der Waals surface area contributed by atoms with Crippen LogP contribution in [-0.2, 0) is 11.3 Å². The van der Waals surface area contributed by atoms with Crippen molar-refractivity contribution >= 4 is 5.91 Å².